The van der Waals surface area contributed by atoms with E-state index in [4.69, 9.17) is 4.74 Å². The van der Waals surface area contributed by atoms with E-state index in [0.29, 0.717) is 13.2 Å². The lowest BCUT2D eigenvalue weighted by Gasteiger charge is -2.37. The van der Waals surface area contributed by atoms with E-state index in [0.717, 1.165) is 25.1 Å². The van der Waals surface area contributed by atoms with Crippen molar-refractivity contribution in [2.24, 2.45) is 5.41 Å². The molecule has 118 valence electrons. The summed E-state index contributed by atoms with van der Waals surface area (Å²) in [5, 5.41) is 13.4. The largest absolute Gasteiger partial charge is 0.494 e. The van der Waals surface area contributed by atoms with Gasteiger partial charge >= 0.3 is 0 Å². The molecule has 0 bridgehead atoms. The highest BCUT2D eigenvalue weighted by molar-refractivity contribution is 5.35. The van der Waals surface area contributed by atoms with Crippen molar-refractivity contribution in [3.63, 3.8) is 0 Å². The zero-order valence-electron chi connectivity index (χ0n) is 13.4. The van der Waals surface area contributed by atoms with Crippen LogP contribution in [0.25, 0.3) is 0 Å². The Kier molecular flexibility index (Phi) is 6.07. The number of ether oxygens (including phenoxy) is 1. The van der Waals surface area contributed by atoms with Crippen molar-refractivity contribution < 1.29 is 9.84 Å². The smallest absolute Gasteiger partial charge is 0.124 e. The van der Waals surface area contributed by atoms with Crippen LogP contribution in [-0.2, 0) is 0 Å². The Balaban J connectivity index is 1.99. The molecule has 0 spiro atoms. The highest BCUT2D eigenvalue weighted by Gasteiger charge is 2.31. The van der Waals surface area contributed by atoms with Crippen LogP contribution in [-0.4, -0.2) is 24.9 Å². The summed E-state index contributed by atoms with van der Waals surface area (Å²) in [5.41, 5.74) is 1.27. The number of nitrogens with one attached hydrogen (secondary N) is 1. The van der Waals surface area contributed by atoms with Gasteiger partial charge < -0.3 is 15.2 Å². The van der Waals surface area contributed by atoms with Gasteiger partial charge in [0.25, 0.3) is 0 Å². The highest BCUT2D eigenvalue weighted by atomic mass is 16.5. The van der Waals surface area contributed by atoms with E-state index in [1.165, 1.54) is 24.8 Å². The van der Waals surface area contributed by atoms with Gasteiger partial charge in [-0.05, 0) is 32.8 Å². The number of rotatable bonds is 7. The predicted octanol–water partition coefficient (Wildman–Crippen LogP) is 3.68. The lowest BCUT2D eigenvalue weighted by Crippen LogP contribution is -2.40. The summed E-state index contributed by atoms with van der Waals surface area (Å²) in [5.74, 6) is 0.960. The molecule has 0 heterocycles. The molecule has 1 aromatic rings. The van der Waals surface area contributed by atoms with E-state index < -0.39 is 0 Å². The summed E-state index contributed by atoms with van der Waals surface area (Å²) in [6.45, 7) is 6.04. The summed E-state index contributed by atoms with van der Waals surface area (Å²) < 4.78 is 5.71. The number of benzene rings is 1. The molecule has 0 aliphatic heterocycles. The Morgan fingerprint density at radius 1 is 1.24 bits per heavy atom. The van der Waals surface area contributed by atoms with Gasteiger partial charge in [0.15, 0.2) is 0 Å². The van der Waals surface area contributed by atoms with Crippen molar-refractivity contribution in [3.05, 3.63) is 29.8 Å². The molecule has 0 amide bonds. The van der Waals surface area contributed by atoms with Crippen LogP contribution in [0.1, 0.15) is 57.6 Å². The second-order valence-electron chi connectivity index (χ2n) is 6.29. The van der Waals surface area contributed by atoms with Gasteiger partial charge in [0, 0.05) is 30.2 Å². The zero-order valence-corrected chi connectivity index (χ0v) is 13.4. The molecule has 0 saturated heterocycles. The molecule has 1 fully saturated rings. The quantitative estimate of drug-likeness (QED) is 0.805. The van der Waals surface area contributed by atoms with Crippen molar-refractivity contribution in [2.75, 3.05) is 19.8 Å². The maximum Gasteiger partial charge on any atom is 0.124 e. The summed E-state index contributed by atoms with van der Waals surface area (Å²) in [6, 6.07) is 8.45. The Morgan fingerprint density at radius 3 is 2.62 bits per heavy atom. The van der Waals surface area contributed by atoms with Crippen LogP contribution >= 0.6 is 0 Å². The average Bonchev–Trinajstić information content (AvgIpc) is 2.54. The monoisotopic (exact) mass is 291 g/mol. The second kappa shape index (κ2) is 7.81. The molecule has 1 aromatic carbocycles. The normalized spacial score (nSPS) is 19.2. The molecule has 0 aromatic heterocycles. The topological polar surface area (TPSA) is 41.5 Å². The lowest BCUT2D eigenvalue weighted by atomic mass is 9.74. The number of hydrogen-bond acceptors (Lipinski definition) is 3. The van der Waals surface area contributed by atoms with Gasteiger partial charge in [-0.3, -0.25) is 0 Å². The van der Waals surface area contributed by atoms with Crippen LogP contribution < -0.4 is 10.1 Å². The van der Waals surface area contributed by atoms with E-state index in [-0.39, 0.29) is 11.5 Å². The zero-order chi connectivity index (χ0) is 15.1. The third-order valence-corrected chi connectivity index (χ3v) is 4.72. The predicted molar refractivity (Wildman–Crippen MR) is 86.6 cm³/mol. The fourth-order valence-electron chi connectivity index (χ4n) is 3.30. The number of aliphatic hydroxyl groups excluding tert-OH is 1. The van der Waals surface area contributed by atoms with Crippen LogP contribution in [0.5, 0.6) is 5.75 Å². The average molecular weight is 291 g/mol. The molecule has 1 saturated carbocycles. The van der Waals surface area contributed by atoms with Crippen molar-refractivity contribution >= 4 is 0 Å². The van der Waals surface area contributed by atoms with Gasteiger partial charge in [0.1, 0.15) is 5.75 Å². The van der Waals surface area contributed by atoms with E-state index in [1.54, 1.807) is 0 Å². The first-order valence-electron chi connectivity index (χ1n) is 8.27. The van der Waals surface area contributed by atoms with Gasteiger partial charge in [-0.1, -0.05) is 37.5 Å². The lowest BCUT2D eigenvalue weighted by molar-refractivity contribution is 0.0788. The number of hydrogen-bond donors (Lipinski definition) is 2. The molecule has 0 radical (unpaired) electrons. The fraction of sp³-hybridized carbons (Fsp3) is 0.667. The van der Waals surface area contributed by atoms with Gasteiger partial charge in [-0.25, -0.2) is 0 Å². The Hall–Kier alpha value is -1.06. The standard InChI is InChI=1S/C18H29NO2/c1-3-21-17-10-6-5-9-16(17)15(2)19-13-18(14-20)11-7-4-8-12-18/h5-6,9-10,15,19-20H,3-4,7-8,11-14H2,1-2H3. The van der Waals surface area contributed by atoms with Crippen molar-refractivity contribution in [3.8, 4) is 5.75 Å². The van der Waals surface area contributed by atoms with Gasteiger partial charge in [-0.15, -0.1) is 0 Å². The molecular formula is C18H29NO2. The van der Waals surface area contributed by atoms with Crippen LogP contribution in [0.3, 0.4) is 0 Å². The third kappa shape index (κ3) is 4.21. The molecule has 1 atom stereocenters. The van der Waals surface area contributed by atoms with Crippen LogP contribution in [0.2, 0.25) is 0 Å². The molecule has 2 rings (SSSR count). The first-order valence-corrected chi connectivity index (χ1v) is 8.27. The van der Waals surface area contributed by atoms with E-state index >= 15 is 0 Å². The minimum absolute atomic E-state index is 0.0765. The maximum atomic E-state index is 9.80. The Morgan fingerprint density at radius 2 is 1.95 bits per heavy atom. The van der Waals surface area contributed by atoms with Crippen LogP contribution in [0.4, 0.5) is 0 Å². The van der Waals surface area contributed by atoms with E-state index in [1.807, 2.05) is 19.1 Å². The molecule has 1 aliphatic carbocycles. The maximum absolute atomic E-state index is 9.80. The third-order valence-electron chi connectivity index (χ3n) is 4.72. The second-order valence-corrected chi connectivity index (χ2v) is 6.29. The van der Waals surface area contributed by atoms with Crippen molar-refractivity contribution in [1.29, 1.82) is 0 Å². The molecule has 1 unspecified atom stereocenters. The highest BCUT2D eigenvalue weighted by Crippen LogP contribution is 2.36. The molecule has 21 heavy (non-hydrogen) atoms. The Bertz CT molecular complexity index is 427. The SMILES string of the molecule is CCOc1ccccc1C(C)NCC1(CO)CCCCC1. The summed E-state index contributed by atoms with van der Waals surface area (Å²) in [7, 11) is 0. The molecule has 3 nitrogen and oxygen atoms in total. The van der Waals surface area contributed by atoms with Gasteiger partial charge in [0.2, 0.25) is 0 Å². The first kappa shape index (κ1) is 16.3. The Labute approximate surface area is 128 Å². The number of aliphatic hydroxyl groups is 1. The van der Waals surface area contributed by atoms with E-state index in [9.17, 15) is 5.11 Å². The molecule has 2 N–H and O–H groups in total. The molecule has 3 heteroatoms. The van der Waals surface area contributed by atoms with Crippen LogP contribution in [0.15, 0.2) is 24.3 Å². The van der Waals surface area contributed by atoms with Crippen molar-refractivity contribution in [2.45, 2.75) is 52.0 Å². The van der Waals surface area contributed by atoms with Gasteiger partial charge in [-0.2, -0.15) is 0 Å². The minimum Gasteiger partial charge on any atom is -0.494 e. The minimum atomic E-state index is 0.0765. The molecule has 1 aliphatic rings. The summed E-state index contributed by atoms with van der Waals surface area (Å²) >= 11 is 0. The van der Waals surface area contributed by atoms with E-state index in [2.05, 4.69) is 24.4 Å². The summed E-state index contributed by atoms with van der Waals surface area (Å²) in [6.07, 6.45) is 6.06. The van der Waals surface area contributed by atoms with Crippen LogP contribution in [0, 0.1) is 5.41 Å². The number of para-hydroxylation sites is 1. The van der Waals surface area contributed by atoms with Gasteiger partial charge in [0.05, 0.1) is 6.61 Å². The fourth-order valence-corrected chi connectivity index (χ4v) is 3.30. The van der Waals surface area contributed by atoms with Crippen molar-refractivity contribution in [1.82, 2.24) is 5.32 Å². The summed E-state index contributed by atoms with van der Waals surface area (Å²) in [4.78, 5) is 0. The molecular weight excluding hydrogens is 262 g/mol. The first-order chi connectivity index (χ1) is 10.2.